The molecular formula is C17H24N4O2. The predicted octanol–water partition coefficient (Wildman–Crippen LogP) is 2.05. The molecule has 6 heteroatoms. The van der Waals surface area contributed by atoms with Crippen LogP contribution in [0.5, 0.6) is 0 Å². The summed E-state index contributed by atoms with van der Waals surface area (Å²) >= 11 is 0. The van der Waals surface area contributed by atoms with Gasteiger partial charge in [0.2, 0.25) is 5.91 Å². The molecule has 0 aliphatic carbocycles. The second kappa shape index (κ2) is 6.66. The van der Waals surface area contributed by atoms with Gasteiger partial charge in [0, 0.05) is 44.8 Å². The van der Waals surface area contributed by atoms with Crippen LogP contribution in [0.2, 0.25) is 0 Å². The number of likely N-dealkylation sites (tertiary alicyclic amines) is 1. The highest BCUT2D eigenvalue weighted by Gasteiger charge is 2.31. The van der Waals surface area contributed by atoms with Crippen molar-refractivity contribution in [3.05, 3.63) is 24.2 Å². The van der Waals surface area contributed by atoms with Crippen LogP contribution >= 0.6 is 0 Å². The lowest BCUT2D eigenvalue weighted by Gasteiger charge is -2.19. The van der Waals surface area contributed by atoms with Crippen LogP contribution in [0.1, 0.15) is 32.0 Å². The highest BCUT2D eigenvalue weighted by atomic mass is 16.5. The van der Waals surface area contributed by atoms with Crippen molar-refractivity contribution in [2.24, 2.45) is 5.92 Å². The van der Waals surface area contributed by atoms with Gasteiger partial charge in [-0.1, -0.05) is 13.8 Å². The van der Waals surface area contributed by atoms with Gasteiger partial charge in [-0.15, -0.1) is 0 Å². The van der Waals surface area contributed by atoms with Gasteiger partial charge in [-0.25, -0.2) is 9.97 Å². The smallest absolute Gasteiger partial charge is 0.225 e. The van der Waals surface area contributed by atoms with Gasteiger partial charge < -0.3 is 14.2 Å². The van der Waals surface area contributed by atoms with Gasteiger partial charge in [-0.2, -0.15) is 0 Å². The third-order valence-corrected chi connectivity index (χ3v) is 4.41. The van der Waals surface area contributed by atoms with Crippen molar-refractivity contribution in [2.45, 2.75) is 32.7 Å². The molecule has 23 heavy (non-hydrogen) atoms. The third kappa shape index (κ3) is 3.08. The van der Waals surface area contributed by atoms with Crippen molar-refractivity contribution < 1.29 is 9.53 Å². The summed E-state index contributed by atoms with van der Waals surface area (Å²) in [5.41, 5.74) is 1.81. The SMILES string of the molecule is COCCn1c(C2CCN(C(=O)C(C)C)C2)nc2cccnc21. The Bertz CT molecular complexity index is 695. The van der Waals surface area contributed by atoms with Crippen LogP contribution < -0.4 is 0 Å². The van der Waals surface area contributed by atoms with E-state index in [9.17, 15) is 4.79 Å². The van der Waals surface area contributed by atoms with E-state index in [1.54, 1.807) is 13.3 Å². The molecule has 0 bridgehead atoms. The number of carbonyl (C=O) groups is 1. The van der Waals surface area contributed by atoms with Crippen LogP contribution in [-0.4, -0.2) is 52.1 Å². The van der Waals surface area contributed by atoms with Crippen LogP contribution in [0, 0.1) is 5.92 Å². The second-order valence-corrected chi connectivity index (χ2v) is 6.39. The Hall–Kier alpha value is -1.95. The Morgan fingerprint density at radius 2 is 2.30 bits per heavy atom. The minimum atomic E-state index is 0.0442. The van der Waals surface area contributed by atoms with Gasteiger partial charge in [0.05, 0.1) is 6.61 Å². The molecule has 0 N–H and O–H groups in total. The monoisotopic (exact) mass is 316 g/mol. The van der Waals surface area contributed by atoms with Crippen molar-refractivity contribution in [3.8, 4) is 0 Å². The number of amides is 1. The zero-order valence-corrected chi connectivity index (χ0v) is 14.0. The molecule has 1 aliphatic rings. The topological polar surface area (TPSA) is 60.2 Å². The zero-order valence-electron chi connectivity index (χ0n) is 14.0. The Labute approximate surface area is 136 Å². The summed E-state index contributed by atoms with van der Waals surface area (Å²) in [6.45, 7) is 6.81. The molecule has 3 rings (SSSR count). The van der Waals surface area contributed by atoms with Crippen molar-refractivity contribution in [2.75, 3.05) is 26.8 Å². The van der Waals surface area contributed by atoms with Crippen LogP contribution in [0.4, 0.5) is 0 Å². The number of rotatable bonds is 5. The van der Waals surface area contributed by atoms with Crippen molar-refractivity contribution in [3.63, 3.8) is 0 Å². The fraction of sp³-hybridized carbons (Fsp3) is 0.588. The molecule has 0 radical (unpaired) electrons. The highest BCUT2D eigenvalue weighted by Crippen LogP contribution is 2.29. The Morgan fingerprint density at radius 3 is 3.04 bits per heavy atom. The molecule has 1 aliphatic heterocycles. The number of hydrogen-bond acceptors (Lipinski definition) is 4. The van der Waals surface area contributed by atoms with Crippen LogP contribution in [0.25, 0.3) is 11.2 Å². The van der Waals surface area contributed by atoms with Crippen LogP contribution in [0.15, 0.2) is 18.3 Å². The fourth-order valence-corrected chi connectivity index (χ4v) is 3.23. The summed E-state index contributed by atoms with van der Waals surface area (Å²) in [6, 6.07) is 3.89. The summed E-state index contributed by atoms with van der Waals surface area (Å²) in [4.78, 5) is 23.4. The molecule has 2 aromatic heterocycles. The Kier molecular flexibility index (Phi) is 4.61. The summed E-state index contributed by atoms with van der Waals surface area (Å²) in [6.07, 6.45) is 2.75. The van der Waals surface area contributed by atoms with Gasteiger partial charge in [-0.3, -0.25) is 4.79 Å². The Balaban J connectivity index is 1.89. The third-order valence-electron chi connectivity index (χ3n) is 4.41. The van der Waals surface area contributed by atoms with Crippen LogP contribution in [0.3, 0.4) is 0 Å². The van der Waals surface area contributed by atoms with Crippen LogP contribution in [-0.2, 0) is 16.1 Å². The number of nitrogens with zero attached hydrogens (tertiary/aromatic N) is 4. The van der Waals surface area contributed by atoms with E-state index in [4.69, 9.17) is 9.72 Å². The summed E-state index contributed by atoms with van der Waals surface area (Å²) < 4.78 is 7.38. The van der Waals surface area contributed by atoms with E-state index in [0.29, 0.717) is 6.61 Å². The minimum Gasteiger partial charge on any atom is -0.383 e. The molecule has 6 nitrogen and oxygen atoms in total. The normalized spacial score (nSPS) is 18.3. The molecule has 3 heterocycles. The molecule has 1 amide bonds. The molecule has 1 unspecified atom stereocenters. The maximum atomic E-state index is 12.2. The maximum absolute atomic E-state index is 12.2. The number of fused-ring (bicyclic) bond motifs is 1. The number of pyridine rings is 1. The fourth-order valence-electron chi connectivity index (χ4n) is 3.23. The minimum absolute atomic E-state index is 0.0442. The lowest BCUT2D eigenvalue weighted by molar-refractivity contribution is -0.133. The summed E-state index contributed by atoms with van der Waals surface area (Å²) in [5.74, 6) is 1.56. The summed E-state index contributed by atoms with van der Waals surface area (Å²) in [7, 11) is 1.70. The molecule has 0 aromatic carbocycles. The maximum Gasteiger partial charge on any atom is 0.225 e. The first-order chi connectivity index (χ1) is 11.1. The first-order valence-corrected chi connectivity index (χ1v) is 8.20. The van der Waals surface area contributed by atoms with Gasteiger partial charge >= 0.3 is 0 Å². The number of imidazole rings is 1. The molecule has 0 spiro atoms. The summed E-state index contributed by atoms with van der Waals surface area (Å²) in [5, 5.41) is 0. The molecule has 0 saturated carbocycles. The lowest BCUT2D eigenvalue weighted by atomic mass is 10.1. The van der Waals surface area contributed by atoms with Gasteiger partial charge in [0.1, 0.15) is 11.3 Å². The molecule has 2 aromatic rings. The molecule has 1 fully saturated rings. The van der Waals surface area contributed by atoms with E-state index >= 15 is 0 Å². The zero-order chi connectivity index (χ0) is 16.4. The predicted molar refractivity (Wildman–Crippen MR) is 88.2 cm³/mol. The first kappa shape index (κ1) is 15.9. The second-order valence-electron chi connectivity index (χ2n) is 6.39. The van der Waals surface area contributed by atoms with Gasteiger partial charge in [0.25, 0.3) is 0 Å². The lowest BCUT2D eigenvalue weighted by Crippen LogP contribution is -2.32. The van der Waals surface area contributed by atoms with Crippen molar-refractivity contribution >= 4 is 17.1 Å². The number of ether oxygens (including phenoxy) is 1. The standard InChI is InChI=1S/C17H24N4O2/c1-12(2)17(22)20-8-6-13(11-20)15-19-14-5-4-7-18-16(14)21(15)9-10-23-3/h4-5,7,12-13H,6,8-11H2,1-3H3. The largest absolute Gasteiger partial charge is 0.383 e. The molecule has 1 saturated heterocycles. The number of carbonyl (C=O) groups excluding carboxylic acids is 1. The van der Waals surface area contributed by atoms with E-state index in [1.807, 2.05) is 30.9 Å². The van der Waals surface area contributed by atoms with E-state index in [1.165, 1.54) is 0 Å². The molecule has 124 valence electrons. The van der Waals surface area contributed by atoms with E-state index < -0.39 is 0 Å². The Morgan fingerprint density at radius 1 is 1.48 bits per heavy atom. The van der Waals surface area contributed by atoms with E-state index in [0.717, 1.165) is 43.0 Å². The van der Waals surface area contributed by atoms with Gasteiger partial charge in [-0.05, 0) is 18.6 Å². The number of methoxy groups -OCH3 is 1. The first-order valence-electron chi connectivity index (χ1n) is 8.20. The van der Waals surface area contributed by atoms with E-state index in [2.05, 4.69) is 9.55 Å². The van der Waals surface area contributed by atoms with E-state index in [-0.39, 0.29) is 17.7 Å². The molecule has 1 atom stereocenters. The highest BCUT2D eigenvalue weighted by molar-refractivity contribution is 5.78. The number of aromatic nitrogens is 3. The van der Waals surface area contributed by atoms with Crippen molar-refractivity contribution in [1.29, 1.82) is 0 Å². The number of hydrogen-bond donors (Lipinski definition) is 0. The average molecular weight is 316 g/mol. The quantitative estimate of drug-likeness (QED) is 0.847. The molecular weight excluding hydrogens is 292 g/mol. The van der Waals surface area contributed by atoms with Crippen molar-refractivity contribution in [1.82, 2.24) is 19.4 Å². The van der Waals surface area contributed by atoms with Gasteiger partial charge in [0.15, 0.2) is 5.65 Å². The average Bonchev–Trinajstić information content (AvgIpc) is 3.16.